The Kier molecular flexibility index (Phi) is 3.68. The minimum atomic E-state index is 0.127. The third-order valence-corrected chi connectivity index (χ3v) is 5.31. The van der Waals surface area contributed by atoms with Gasteiger partial charge in [0.15, 0.2) is 5.65 Å². The van der Waals surface area contributed by atoms with Crippen LogP contribution in [-0.2, 0) is 7.05 Å². The summed E-state index contributed by atoms with van der Waals surface area (Å²) in [4.78, 5) is 27.4. The van der Waals surface area contributed by atoms with E-state index >= 15 is 0 Å². The normalized spacial score (nSPS) is 15.2. The van der Waals surface area contributed by atoms with Crippen molar-refractivity contribution in [2.45, 2.75) is 6.92 Å². The van der Waals surface area contributed by atoms with Crippen molar-refractivity contribution in [2.24, 2.45) is 7.05 Å². The molecule has 0 unspecified atom stereocenters. The number of hydrogen-bond acceptors (Lipinski definition) is 6. The van der Waals surface area contributed by atoms with Crippen molar-refractivity contribution in [3.63, 3.8) is 0 Å². The molecule has 124 valence electrons. The molecule has 0 bridgehead atoms. The summed E-state index contributed by atoms with van der Waals surface area (Å²) >= 11 is 1.55. The van der Waals surface area contributed by atoms with Crippen molar-refractivity contribution < 1.29 is 4.79 Å². The summed E-state index contributed by atoms with van der Waals surface area (Å²) in [5.41, 5.74) is 0.826. The molecule has 4 heterocycles. The number of anilines is 1. The van der Waals surface area contributed by atoms with Gasteiger partial charge < -0.3 is 9.80 Å². The molecular weight excluding hydrogens is 324 g/mol. The minimum absolute atomic E-state index is 0.127. The standard InChI is InChI=1S/C16H18N6OS/c1-11-3-4-13(24-11)16(23)22-7-5-21(6-8-22)15-12-9-19-20(2)14(12)17-10-18-15/h3-4,9-10H,5-8H2,1-2H3. The Morgan fingerprint density at radius 2 is 1.96 bits per heavy atom. The first-order valence-corrected chi connectivity index (χ1v) is 8.68. The van der Waals surface area contributed by atoms with E-state index in [-0.39, 0.29) is 5.91 Å². The number of aromatic nitrogens is 4. The predicted molar refractivity (Wildman–Crippen MR) is 93.5 cm³/mol. The van der Waals surface area contributed by atoms with Gasteiger partial charge in [0.25, 0.3) is 5.91 Å². The maximum Gasteiger partial charge on any atom is 0.264 e. The molecule has 0 aliphatic carbocycles. The number of rotatable bonds is 2. The number of amides is 1. The van der Waals surface area contributed by atoms with Gasteiger partial charge in [-0.05, 0) is 19.1 Å². The molecule has 1 fully saturated rings. The lowest BCUT2D eigenvalue weighted by Crippen LogP contribution is -2.49. The lowest BCUT2D eigenvalue weighted by molar-refractivity contribution is 0.0751. The van der Waals surface area contributed by atoms with Crippen LogP contribution in [0.25, 0.3) is 11.0 Å². The first-order valence-electron chi connectivity index (χ1n) is 7.87. The molecule has 1 aliphatic rings. The van der Waals surface area contributed by atoms with E-state index in [0.717, 1.165) is 39.7 Å². The van der Waals surface area contributed by atoms with Crippen LogP contribution < -0.4 is 4.90 Å². The SMILES string of the molecule is Cc1ccc(C(=O)N2CCN(c3ncnc4c3cnn4C)CC2)s1. The fourth-order valence-corrected chi connectivity index (χ4v) is 3.86. The number of carbonyl (C=O) groups excluding carboxylic acids is 1. The molecule has 3 aromatic rings. The van der Waals surface area contributed by atoms with Gasteiger partial charge in [0.2, 0.25) is 0 Å². The summed E-state index contributed by atoms with van der Waals surface area (Å²) in [6.07, 6.45) is 3.38. The Labute approximate surface area is 143 Å². The molecule has 8 heteroatoms. The molecule has 0 aromatic carbocycles. The number of fused-ring (bicyclic) bond motifs is 1. The van der Waals surface area contributed by atoms with E-state index in [2.05, 4.69) is 20.0 Å². The van der Waals surface area contributed by atoms with Crippen LogP contribution in [0.2, 0.25) is 0 Å². The molecule has 3 aromatic heterocycles. The fraction of sp³-hybridized carbons (Fsp3) is 0.375. The average Bonchev–Trinajstić information content (AvgIpc) is 3.21. The largest absolute Gasteiger partial charge is 0.352 e. The zero-order valence-electron chi connectivity index (χ0n) is 13.6. The highest BCUT2D eigenvalue weighted by atomic mass is 32.1. The molecule has 1 saturated heterocycles. The lowest BCUT2D eigenvalue weighted by Gasteiger charge is -2.35. The van der Waals surface area contributed by atoms with Crippen LogP contribution in [-0.4, -0.2) is 56.7 Å². The zero-order chi connectivity index (χ0) is 16.7. The zero-order valence-corrected chi connectivity index (χ0v) is 14.5. The number of nitrogens with zero attached hydrogens (tertiary/aromatic N) is 6. The van der Waals surface area contributed by atoms with Crippen molar-refractivity contribution in [1.82, 2.24) is 24.6 Å². The molecule has 1 aliphatic heterocycles. The minimum Gasteiger partial charge on any atom is -0.352 e. The molecule has 4 rings (SSSR count). The topological polar surface area (TPSA) is 67.2 Å². The molecule has 0 radical (unpaired) electrons. The summed E-state index contributed by atoms with van der Waals surface area (Å²) in [6, 6.07) is 3.91. The molecule has 0 spiro atoms. The highest BCUT2D eigenvalue weighted by molar-refractivity contribution is 7.13. The smallest absolute Gasteiger partial charge is 0.264 e. The quantitative estimate of drug-likeness (QED) is 0.709. The van der Waals surface area contributed by atoms with E-state index in [1.165, 1.54) is 0 Å². The van der Waals surface area contributed by atoms with Crippen molar-refractivity contribution >= 4 is 34.1 Å². The summed E-state index contributed by atoms with van der Waals surface area (Å²) < 4.78 is 1.75. The van der Waals surface area contributed by atoms with Crippen molar-refractivity contribution in [1.29, 1.82) is 0 Å². The first kappa shape index (κ1) is 15.1. The molecule has 0 N–H and O–H groups in total. The van der Waals surface area contributed by atoms with E-state index in [4.69, 9.17) is 0 Å². The van der Waals surface area contributed by atoms with E-state index in [9.17, 15) is 4.79 Å². The number of carbonyl (C=O) groups is 1. The molecule has 0 saturated carbocycles. The molecular formula is C16H18N6OS. The number of aryl methyl sites for hydroxylation is 2. The van der Waals surface area contributed by atoms with Gasteiger partial charge >= 0.3 is 0 Å². The maximum atomic E-state index is 12.6. The third kappa shape index (κ3) is 2.52. The Hall–Kier alpha value is -2.48. The van der Waals surface area contributed by atoms with Crippen LogP contribution in [0.4, 0.5) is 5.82 Å². The van der Waals surface area contributed by atoms with E-state index in [0.29, 0.717) is 13.1 Å². The fourth-order valence-electron chi connectivity index (χ4n) is 3.03. The number of piperazine rings is 1. The van der Waals surface area contributed by atoms with Crippen LogP contribution in [0.1, 0.15) is 14.5 Å². The van der Waals surface area contributed by atoms with Crippen molar-refractivity contribution in [2.75, 3.05) is 31.1 Å². The van der Waals surface area contributed by atoms with Crippen LogP contribution in [0.5, 0.6) is 0 Å². The van der Waals surface area contributed by atoms with Gasteiger partial charge in [-0.25, -0.2) is 9.97 Å². The summed E-state index contributed by atoms with van der Waals surface area (Å²) in [7, 11) is 1.87. The second-order valence-electron chi connectivity index (χ2n) is 5.89. The predicted octanol–water partition coefficient (Wildman–Crippen LogP) is 1.70. The van der Waals surface area contributed by atoms with Crippen molar-refractivity contribution in [3.05, 3.63) is 34.4 Å². The second-order valence-corrected chi connectivity index (χ2v) is 7.18. The van der Waals surface area contributed by atoms with Gasteiger partial charge in [-0.3, -0.25) is 9.48 Å². The molecule has 1 amide bonds. The van der Waals surface area contributed by atoms with Crippen LogP contribution in [0.15, 0.2) is 24.7 Å². The highest BCUT2D eigenvalue weighted by Gasteiger charge is 2.25. The second kappa shape index (κ2) is 5.86. The average molecular weight is 342 g/mol. The monoisotopic (exact) mass is 342 g/mol. The third-order valence-electron chi connectivity index (χ3n) is 4.33. The van der Waals surface area contributed by atoms with Gasteiger partial charge in [0.05, 0.1) is 16.5 Å². The van der Waals surface area contributed by atoms with Gasteiger partial charge in [-0.15, -0.1) is 11.3 Å². The Morgan fingerprint density at radius 1 is 1.17 bits per heavy atom. The first-order chi connectivity index (χ1) is 11.6. The summed E-state index contributed by atoms with van der Waals surface area (Å²) in [5.74, 6) is 1.02. The van der Waals surface area contributed by atoms with E-state index in [1.807, 2.05) is 31.0 Å². The summed E-state index contributed by atoms with van der Waals surface area (Å²) in [6.45, 7) is 4.94. The Morgan fingerprint density at radius 3 is 2.67 bits per heavy atom. The molecule has 7 nitrogen and oxygen atoms in total. The molecule has 24 heavy (non-hydrogen) atoms. The lowest BCUT2D eigenvalue weighted by atomic mass is 10.2. The number of hydrogen-bond donors (Lipinski definition) is 0. The van der Waals surface area contributed by atoms with Gasteiger partial charge in [-0.2, -0.15) is 5.10 Å². The van der Waals surface area contributed by atoms with Crippen LogP contribution >= 0.6 is 11.3 Å². The maximum absolute atomic E-state index is 12.6. The van der Waals surface area contributed by atoms with Crippen molar-refractivity contribution in [3.8, 4) is 0 Å². The van der Waals surface area contributed by atoms with E-state index < -0.39 is 0 Å². The summed E-state index contributed by atoms with van der Waals surface area (Å²) in [5, 5.41) is 5.21. The number of thiophene rings is 1. The molecule has 0 atom stereocenters. The van der Waals surface area contributed by atoms with Crippen LogP contribution in [0.3, 0.4) is 0 Å². The van der Waals surface area contributed by atoms with Gasteiger partial charge in [0.1, 0.15) is 12.1 Å². The highest BCUT2D eigenvalue weighted by Crippen LogP contribution is 2.24. The van der Waals surface area contributed by atoms with Gasteiger partial charge in [-0.1, -0.05) is 0 Å². The van der Waals surface area contributed by atoms with Crippen LogP contribution in [0, 0.1) is 6.92 Å². The van der Waals surface area contributed by atoms with E-state index in [1.54, 1.807) is 28.5 Å². The Balaban J connectivity index is 1.50. The van der Waals surface area contributed by atoms with Gasteiger partial charge in [0, 0.05) is 38.1 Å². The Bertz CT molecular complexity index is 893.